The second-order valence-corrected chi connectivity index (χ2v) is 20.0. The number of hydrogen-bond donors (Lipinski definition) is 0. The number of aromatic nitrogens is 4. The third-order valence-electron chi connectivity index (χ3n) is 12.3. The zero-order valence-corrected chi connectivity index (χ0v) is 38.2. The van der Waals surface area contributed by atoms with Gasteiger partial charge in [0.05, 0.1) is 28.5 Å². The van der Waals surface area contributed by atoms with Crippen LogP contribution in [-0.4, -0.2) is 14.0 Å². The second kappa shape index (κ2) is 15.3. The van der Waals surface area contributed by atoms with Gasteiger partial charge in [-0.3, -0.25) is 8.97 Å². The molecule has 318 valence electrons. The van der Waals surface area contributed by atoms with Crippen LogP contribution in [-0.2, 0) is 16.4 Å². The number of imidazole rings is 1. The zero-order chi connectivity index (χ0) is 44.5. The van der Waals surface area contributed by atoms with Gasteiger partial charge < -0.3 is 13.7 Å². The number of ether oxygens (including phenoxy) is 1. The SMILES string of the molecule is CC(C)(C)c1ccnc(-n2c3ccc(C(C)(C)C)cc3c3ccc(Oc4cccc(-c5coc6c(-c7c(-c8ccccc8)cccc7-c7ccccc7)[n+](C(C)(C)C)[c-]n56)c4)cc32)c1. The van der Waals surface area contributed by atoms with Crippen molar-refractivity contribution in [1.82, 2.24) is 14.0 Å². The van der Waals surface area contributed by atoms with Gasteiger partial charge in [-0.25, -0.2) is 4.98 Å². The average Bonchev–Trinajstić information content (AvgIpc) is 3.97. The fourth-order valence-electron chi connectivity index (χ4n) is 8.90. The molecule has 0 bridgehead atoms. The van der Waals surface area contributed by atoms with E-state index in [1.54, 1.807) is 0 Å². The Morgan fingerprint density at radius 2 is 1.19 bits per heavy atom. The van der Waals surface area contributed by atoms with Crippen LogP contribution < -0.4 is 9.30 Å². The van der Waals surface area contributed by atoms with Crippen LogP contribution in [0.25, 0.3) is 78.1 Å². The van der Waals surface area contributed by atoms with Gasteiger partial charge in [-0.2, -0.15) is 0 Å². The lowest BCUT2D eigenvalue weighted by Crippen LogP contribution is -2.50. The number of hydrogen-bond acceptors (Lipinski definition) is 3. The lowest BCUT2D eigenvalue weighted by Gasteiger charge is -2.24. The van der Waals surface area contributed by atoms with E-state index >= 15 is 0 Å². The maximum absolute atomic E-state index is 6.77. The summed E-state index contributed by atoms with van der Waals surface area (Å²) in [6.45, 7) is 20.1. The molecular formula is C58H54N4O2. The Balaban J connectivity index is 1.09. The zero-order valence-electron chi connectivity index (χ0n) is 38.2. The van der Waals surface area contributed by atoms with Crippen molar-refractivity contribution in [2.45, 2.75) is 78.7 Å². The van der Waals surface area contributed by atoms with Crippen LogP contribution in [0.2, 0.25) is 0 Å². The fraction of sp³-hybridized carbons (Fsp3) is 0.207. The molecule has 0 saturated carbocycles. The number of nitrogens with zero attached hydrogens (tertiary/aromatic N) is 4. The molecule has 0 amide bonds. The highest BCUT2D eigenvalue weighted by Crippen LogP contribution is 2.43. The van der Waals surface area contributed by atoms with Gasteiger partial charge >= 0.3 is 0 Å². The largest absolute Gasteiger partial charge is 0.484 e. The van der Waals surface area contributed by atoms with Gasteiger partial charge in [0.15, 0.2) is 0 Å². The summed E-state index contributed by atoms with van der Waals surface area (Å²) in [5, 5.41) is 2.35. The van der Waals surface area contributed by atoms with Crippen LogP contribution in [0.15, 0.2) is 169 Å². The van der Waals surface area contributed by atoms with Crippen molar-refractivity contribution in [3.63, 3.8) is 0 Å². The molecule has 10 rings (SSSR count). The smallest absolute Gasteiger partial charge is 0.247 e. The Bertz CT molecular complexity index is 3290. The molecule has 0 fully saturated rings. The normalized spacial score (nSPS) is 12.5. The molecule has 4 aromatic heterocycles. The van der Waals surface area contributed by atoms with Crippen LogP contribution in [0.1, 0.15) is 73.4 Å². The lowest BCUT2D eigenvalue weighted by molar-refractivity contribution is -0.747. The number of rotatable bonds is 7. The van der Waals surface area contributed by atoms with Crippen LogP contribution in [0.3, 0.4) is 0 Å². The topological polar surface area (TPSA) is 48.5 Å². The van der Waals surface area contributed by atoms with E-state index < -0.39 is 0 Å². The fourth-order valence-corrected chi connectivity index (χ4v) is 8.90. The van der Waals surface area contributed by atoms with Crippen molar-refractivity contribution in [1.29, 1.82) is 0 Å². The first-order valence-corrected chi connectivity index (χ1v) is 22.2. The Hall–Kier alpha value is -7.18. The number of benzene rings is 6. The summed E-state index contributed by atoms with van der Waals surface area (Å²) in [5.41, 5.74) is 13.4. The Morgan fingerprint density at radius 1 is 0.562 bits per heavy atom. The molecule has 0 aliphatic heterocycles. The van der Waals surface area contributed by atoms with Gasteiger partial charge in [0.2, 0.25) is 12.0 Å². The summed E-state index contributed by atoms with van der Waals surface area (Å²) in [4.78, 5) is 4.93. The predicted molar refractivity (Wildman–Crippen MR) is 261 cm³/mol. The number of pyridine rings is 1. The van der Waals surface area contributed by atoms with E-state index in [4.69, 9.17) is 14.1 Å². The molecule has 6 heteroatoms. The summed E-state index contributed by atoms with van der Waals surface area (Å²) in [5.74, 6) is 2.34. The molecule has 4 heterocycles. The first kappa shape index (κ1) is 40.9. The molecule has 0 unspecified atom stereocenters. The van der Waals surface area contributed by atoms with Crippen molar-refractivity contribution in [2.75, 3.05) is 0 Å². The molecule has 0 aliphatic carbocycles. The first-order valence-electron chi connectivity index (χ1n) is 22.2. The summed E-state index contributed by atoms with van der Waals surface area (Å²) < 4.78 is 20.0. The van der Waals surface area contributed by atoms with Crippen LogP contribution in [0.4, 0.5) is 0 Å². The summed E-state index contributed by atoms with van der Waals surface area (Å²) in [6.07, 6.45) is 7.51. The molecule has 6 nitrogen and oxygen atoms in total. The Morgan fingerprint density at radius 3 is 1.84 bits per heavy atom. The molecule has 0 aliphatic rings. The van der Waals surface area contributed by atoms with E-state index in [9.17, 15) is 0 Å². The average molecular weight is 839 g/mol. The Labute approximate surface area is 376 Å². The molecule has 6 aromatic carbocycles. The van der Waals surface area contributed by atoms with E-state index in [1.165, 1.54) is 16.5 Å². The molecule has 0 radical (unpaired) electrons. The van der Waals surface area contributed by atoms with Crippen LogP contribution >= 0.6 is 0 Å². The molecule has 10 aromatic rings. The summed E-state index contributed by atoms with van der Waals surface area (Å²) in [6, 6.07) is 53.5. The molecule has 0 saturated heterocycles. The van der Waals surface area contributed by atoms with Crippen molar-refractivity contribution >= 4 is 27.5 Å². The van der Waals surface area contributed by atoms with Gasteiger partial charge in [0.1, 0.15) is 23.0 Å². The lowest BCUT2D eigenvalue weighted by atomic mass is 9.86. The second-order valence-electron chi connectivity index (χ2n) is 20.0. The van der Waals surface area contributed by atoms with E-state index in [1.807, 2.05) is 24.6 Å². The molecular weight excluding hydrogens is 785 g/mol. The first-order chi connectivity index (χ1) is 30.6. The van der Waals surface area contributed by atoms with Crippen molar-refractivity contribution in [3.05, 3.63) is 182 Å². The van der Waals surface area contributed by atoms with E-state index in [0.29, 0.717) is 11.5 Å². The minimum atomic E-state index is -0.330. The van der Waals surface area contributed by atoms with Gasteiger partial charge in [0, 0.05) is 23.0 Å². The van der Waals surface area contributed by atoms with Crippen molar-refractivity contribution < 1.29 is 13.7 Å². The molecule has 0 atom stereocenters. The van der Waals surface area contributed by atoms with Gasteiger partial charge in [-0.05, 0) is 125 Å². The maximum atomic E-state index is 6.77. The minimum Gasteiger partial charge on any atom is -0.484 e. The molecule has 0 N–H and O–H groups in total. The third kappa shape index (κ3) is 7.27. The molecule has 0 spiro atoms. The number of oxazole rings is 1. The quantitative estimate of drug-likeness (QED) is 0.119. The monoisotopic (exact) mass is 838 g/mol. The summed E-state index contributed by atoms with van der Waals surface area (Å²) >= 11 is 0. The number of fused-ring (bicyclic) bond motifs is 4. The molecule has 64 heavy (non-hydrogen) atoms. The summed E-state index contributed by atoms with van der Waals surface area (Å²) in [7, 11) is 0. The standard InChI is InChI=1S/C58H54N4O2/c1-56(2,3)41-26-29-49-48(33-41)47-28-27-44(35-50(47)62(49)52-34-42(30-31-59-52)57(4,5)6)64-43-23-16-22-40(32-43)51-36-63-55-54(61(37-60(51)55)58(7,8)9)53-45(38-18-12-10-13-19-38)24-17-25-46(53)39-20-14-11-15-21-39/h10-36H,1-9H3. The highest BCUT2D eigenvalue weighted by Gasteiger charge is 2.30. The van der Waals surface area contributed by atoms with Gasteiger partial charge in [-0.15, -0.1) is 0 Å². The van der Waals surface area contributed by atoms with E-state index in [0.717, 1.165) is 72.8 Å². The van der Waals surface area contributed by atoms with Crippen molar-refractivity contribution in [3.8, 4) is 62.1 Å². The van der Waals surface area contributed by atoms with Gasteiger partial charge in [0.25, 0.3) is 0 Å². The van der Waals surface area contributed by atoms with Crippen molar-refractivity contribution in [2.24, 2.45) is 0 Å². The van der Waals surface area contributed by atoms with E-state index in [-0.39, 0.29) is 16.4 Å². The Kier molecular flexibility index (Phi) is 9.75. The van der Waals surface area contributed by atoms with Crippen LogP contribution in [0.5, 0.6) is 11.5 Å². The third-order valence-corrected chi connectivity index (χ3v) is 12.3. The predicted octanol–water partition coefficient (Wildman–Crippen LogP) is 14.9. The highest BCUT2D eigenvalue weighted by molar-refractivity contribution is 6.10. The minimum absolute atomic E-state index is 0.00633. The maximum Gasteiger partial charge on any atom is 0.247 e. The van der Waals surface area contributed by atoms with E-state index in [2.05, 4.69) is 222 Å². The van der Waals surface area contributed by atoms with Gasteiger partial charge in [-0.1, -0.05) is 139 Å². The highest BCUT2D eigenvalue weighted by atomic mass is 16.5. The van der Waals surface area contributed by atoms with Crippen LogP contribution in [0, 0.1) is 6.33 Å².